The molecular formula is C20H20N6OS2. The average molecular weight is 425 g/mol. The van der Waals surface area contributed by atoms with Gasteiger partial charge in [-0.2, -0.15) is 11.8 Å². The number of fused-ring (bicyclic) bond motifs is 1. The van der Waals surface area contributed by atoms with Gasteiger partial charge in [0.2, 0.25) is 5.91 Å². The minimum absolute atomic E-state index is 0.0770. The smallest absolute Gasteiger partial charge is 0.226 e. The molecule has 1 N–H and O–H groups in total. The molecule has 0 aromatic carbocycles. The second kappa shape index (κ2) is 9.15. The molecule has 29 heavy (non-hydrogen) atoms. The lowest BCUT2D eigenvalue weighted by molar-refractivity contribution is -0.121. The third kappa shape index (κ3) is 4.63. The molecule has 0 aliphatic carbocycles. The number of hydrogen-bond donors (Lipinski definition) is 1. The zero-order valence-corrected chi connectivity index (χ0v) is 17.5. The third-order valence-corrected chi connectivity index (χ3v) is 5.98. The number of amides is 1. The summed E-state index contributed by atoms with van der Waals surface area (Å²) in [5.74, 6) is 1.58. The molecule has 4 rings (SSSR count). The van der Waals surface area contributed by atoms with Crippen molar-refractivity contribution in [1.82, 2.24) is 29.9 Å². The van der Waals surface area contributed by atoms with Gasteiger partial charge >= 0.3 is 0 Å². The van der Waals surface area contributed by atoms with Crippen LogP contribution >= 0.6 is 23.1 Å². The van der Waals surface area contributed by atoms with E-state index >= 15 is 0 Å². The van der Waals surface area contributed by atoms with Crippen LogP contribution in [-0.4, -0.2) is 42.5 Å². The summed E-state index contributed by atoms with van der Waals surface area (Å²) in [4.78, 5) is 21.4. The molecule has 1 amide bonds. The molecule has 4 aromatic heterocycles. The second-order valence-electron chi connectivity index (χ2n) is 6.45. The van der Waals surface area contributed by atoms with Gasteiger partial charge in [0.05, 0.1) is 18.2 Å². The van der Waals surface area contributed by atoms with Crippen molar-refractivity contribution in [2.24, 2.45) is 0 Å². The Morgan fingerprint density at radius 3 is 3.03 bits per heavy atom. The number of thioether (sulfide) groups is 1. The van der Waals surface area contributed by atoms with Crippen molar-refractivity contribution in [3.63, 3.8) is 0 Å². The van der Waals surface area contributed by atoms with E-state index in [1.54, 1.807) is 24.2 Å². The predicted octanol–water partition coefficient (Wildman–Crippen LogP) is 3.40. The van der Waals surface area contributed by atoms with Crippen molar-refractivity contribution in [1.29, 1.82) is 0 Å². The fourth-order valence-corrected chi connectivity index (χ4v) is 4.30. The molecule has 9 heteroatoms. The van der Waals surface area contributed by atoms with Crippen molar-refractivity contribution in [3.05, 3.63) is 65.8 Å². The Balaban J connectivity index is 1.48. The number of nitrogens with one attached hydrogen (secondary N) is 1. The van der Waals surface area contributed by atoms with Crippen LogP contribution < -0.4 is 5.32 Å². The topological polar surface area (TPSA) is 85.1 Å². The van der Waals surface area contributed by atoms with E-state index in [9.17, 15) is 4.79 Å². The van der Waals surface area contributed by atoms with Gasteiger partial charge in [0, 0.05) is 29.5 Å². The van der Waals surface area contributed by atoms with Gasteiger partial charge in [0.1, 0.15) is 5.01 Å². The first-order chi connectivity index (χ1) is 14.2. The van der Waals surface area contributed by atoms with E-state index < -0.39 is 0 Å². The highest BCUT2D eigenvalue weighted by Crippen LogP contribution is 2.23. The Kier molecular flexibility index (Phi) is 6.16. The quantitative estimate of drug-likeness (QED) is 0.467. The zero-order valence-electron chi connectivity index (χ0n) is 15.9. The van der Waals surface area contributed by atoms with Gasteiger partial charge in [-0.3, -0.25) is 14.2 Å². The molecule has 4 aromatic rings. The summed E-state index contributed by atoms with van der Waals surface area (Å²) in [6, 6.07) is 9.39. The van der Waals surface area contributed by atoms with Crippen molar-refractivity contribution in [3.8, 4) is 10.6 Å². The first kappa shape index (κ1) is 19.5. The fraction of sp³-hybridized carbons (Fsp3) is 0.250. The van der Waals surface area contributed by atoms with Crippen LogP contribution in [0.25, 0.3) is 16.2 Å². The normalized spacial score (nSPS) is 12.2. The van der Waals surface area contributed by atoms with Gasteiger partial charge in [-0.15, -0.1) is 21.5 Å². The fourth-order valence-electron chi connectivity index (χ4n) is 3.02. The van der Waals surface area contributed by atoms with E-state index in [0.29, 0.717) is 0 Å². The number of carbonyl (C=O) groups excluding carboxylic acids is 1. The molecule has 0 spiro atoms. The van der Waals surface area contributed by atoms with E-state index in [0.717, 1.165) is 39.9 Å². The summed E-state index contributed by atoms with van der Waals surface area (Å²) in [7, 11) is 0. The molecule has 0 fully saturated rings. The highest BCUT2D eigenvalue weighted by molar-refractivity contribution is 7.98. The molecule has 1 atom stereocenters. The third-order valence-electron chi connectivity index (χ3n) is 4.40. The molecule has 148 valence electrons. The summed E-state index contributed by atoms with van der Waals surface area (Å²) >= 11 is 3.26. The molecular weight excluding hydrogens is 404 g/mol. The summed E-state index contributed by atoms with van der Waals surface area (Å²) in [5, 5.41) is 14.4. The Morgan fingerprint density at radius 2 is 2.21 bits per heavy atom. The Labute approximate surface area is 176 Å². The van der Waals surface area contributed by atoms with Crippen LogP contribution in [0.4, 0.5) is 0 Å². The number of nitrogens with zero attached hydrogens (tertiary/aromatic N) is 5. The summed E-state index contributed by atoms with van der Waals surface area (Å²) in [6.45, 7) is 0. The van der Waals surface area contributed by atoms with E-state index in [1.807, 2.05) is 46.3 Å². The van der Waals surface area contributed by atoms with E-state index in [-0.39, 0.29) is 18.4 Å². The Hall–Kier alpha value is -2.78. The summed E-state index contributed by atoms with van der Waals surface area (Å²) in [6.07, 6.45) is 8.48. The van der Waals surface area contributed by atoms with Crippen LogP contribution in [0.1, 0.15) is 24.0 Å². The minimum atomic E-state index is -0.205. The van der Waals surface area contributed by atoms with Crippen LogP contribution in [0.3, 0.4) is 0 Å². The largest absolute Gasteiger partial charge is 0.346 e. The first-order valence-electron chi connectivity index (χ1n) is 9.17. The van der Waals surface area contributed by atoms with Crippen molar-refractivity contribution < 1.29 is 4.79 Å². The van der Waals surface area contributed by atoms with Gasteiger partial charge in [-0.25, -0.2) is 4.98 Å². The number of aromatic nitrogens is 5. The van der Waals surface area contributed by atoms with Crippen LogP contribution in [-0.2, 0) is 11.2 Å². The highest BCUT2D eigenvalue weighted by atomic mass is 32.2. The monoisotopic (exact) mass is 424 g/mol. The van der Waals surface area contributed by atoms with Gasteiger partial charge in [-0.05, 0) is 42.7 Å². The number of hydrogen-bond acceptors (Lipinski definition) is 7. The molecule has 0 aliphatic heterocycles. The van der Waals surface area contributed by atoms with E-state index in [1.165, 1.54) is 11.3 Å². The van der Waals surface area contributed by atoms with Gasteiger partial charge in [0.15, 0.2) is 11.5 Å². The van der Waals surface area contributed by atoms with Gasteiger partial charge in [-0.1, -0.05) is 6.07 Å². The zero-order chi connectivity index (χ0) is 20.1. The van der Waals surface area contributed by atoms with Gasteiger partial charge < -0.3 is 5.32 Å². The SMILES string of the molecule is CSCCC(NC(=O)Cc1csc(-c2cccnc2)n1)c1nnc2ccccn12. The Bertz CT molecular complexity index is 1090. The lowest BCUT2D eigenvalue weighted by atomic mass is 10.2. The van der Waals surface area contributed by atoms with Crippen molar-refractivity contribution in [2.75, 3.05) is 12.0 Å². The van der Waals surface area contributed by atoms with Crippen LogP contribution in [0.2, 0.25) is 0 Å². The van der Waals surface area contributed by atoms with E-state index in [2.05, 4.69) is 31.7 Å². The molecule has 0 saturated carbocycles. The predicted molar refractivity (Wildman–Crippen MR) is 116 cm³/mol. The number of carbonyl (C=O) groups is 1. The summed E-state index contributed by atoms with van der Waals surface area (Å²) in [5.41, 5.74) is 2.48. The maximum Gasteiger partial charge on any atom is 0.226 e. The minimum Gasteiger partial charge on any atom is -0.346 e. The number of rotatable bonds is 8. The highest BCUT2D eigenvalue weighted by Gasteiger charge is 2.21. The van der Waals surface area contributed by atoms with Gasteiger partial charge in [0.25, 0.3) is 0 Å². The molecule has 0 bridgehead atoms. The van der Waals surface area contributed by atoms with Crippen LogP contribution in [0.5, 0.6) is 0 Å². The van der Waals surface area contributed by atoms with Crippen molar-refractivity contribution >= 4 is 34.7 Å². The average Bonchev–Trinajstić information content (AvgIpc) is 3.39. The standard InChI is InChI=1S/C20H20N6OS2/c1-28-10-7-16(19-25-24-17-6-2-3-9-26(17)19)23-18(27)11-15-13-29-20(22-15)14-5-4-8-21-12-14/h2-6,8-9,12-13,16H,7,10-11H2,1H3,(H,23,27). The maximum atomic E-state index is 12.7. The molecule has 0 saturated heterocycles. The number of pyridine rings is 2. The molecule has 0 aliphatic rings. The lowest BCUT2D eigenvalue weighted by Crippen LogP contribution is -2.31. The molecule has 1 unspecified atom stereocenters. The summed E-state index contributed by atoms with van der Waals surface area (Å²) < 4.78 is 1.93. The first-order valence-corrected chi connectivity index (χ1v) is 11.4. The second-order valence-corrected chi connectivity index (χ2v) is 8.29. The van der Waals surface area contributed by atoms with Crippen LogP contribution in [0, 0.1) is 0 Å². The lowest BCUT2D eigenvalue weighted by Gasteiger charge is -2.16. The van der Waals surface area contributed by atoms with Crippen LogP contribution in [0.15, 0.2) is 54.3 Å². The van der Waals surface area contributed by atoms with Crippen molar-refractivity contribution in [2.45, 2.75) is 18.9 Å². The number of thiazole rings is 1. The molecule has 7 nitrogen and oxygen atoms in total. The maximum absolute atomic E-state index is 12.7. The molecule has 4 heterocycles. The Morgan fingerprint density at radius 1 is 1.28 bits per heavy atom. The van der Waals surface area contributed by atoms with E-state index in [4.69, 9.17) is 0 Å². The molecule has 0 radical (unpaired) electrons.